The summed E-state index contributed by atoms with van der Waals surface area (Å²) in [4.78, 5) is 28.9. The molecule has 2 fully saturated rings. The number of methoxy groups -OCH3 is 1. The molecular weight excluding hydrogens is 437 g/mol. The van der Waals surface area contributed by atoms with E-state index in [9.17, 15) is 22.8 Å². The van der Waals surface area contributed by atoms with E-state index < -0.39 is 23.5 Å². The first kappa shape index (κ1) is 22.9. The van der Waals surface area contributed by atoms with E-state index in [0.29, 0.717) is 37.0 Å². The van der Waals surface area contributed by atoms with E-state index in [4.69, 9.17) is 10.5 Å². The van der Waals surface area contributed by atoms with Crippen molar-refractivity contribution in [2.24, 2.45) is 5.73 Å². The molecule has 2 aromatic rings. The molecule has 0 aliphatic carbocycles. The summed E-state index contributed by atoms with van der Waals surface area (Å²) in [6, 6.07) is 7.08. The number of nitrogens with one attached hydrogen (secondary N) is 1. The smallest absolute Gasteiger partial charge is 0.322 e. The molecule has 4 rings (SSSR count). The molecule has 2 bridgehead atoms. The fourth-order valence-corrected chi connectivity index (χ4v) is 4.53. The number of anilines is 1. The Bertz CT molecular complexity index is 1070. The Morgan fingerprint density at radius 1 is 1.09 bits per heavy atom. The van der Waals surface area contributed by atoms with Crippen LogP contribution >= 0.6 is 0 Å². The molecular formula is C23H25F3N4O3. The highest BCUT2D eigenvalue weighted by atomic mass is 19.2. The lowest BCUT2D eigenvalue weighted by Crippen LogP contribution is -2.52. The Labute approximate surface area is 189 Å². The minimum atomic E-state index is -1.27. The normalized spacial score (nSPS) is 20.2. The molecule has 3 amide bonds. The highest BCUT2D eigenvalue weighted by molar-refractivity contribution is 5.90. The molecule has 0 unspecified atom stereocenters. The Hall–Kier alpha value is -3.27. The number of hydrogen-bond acceptors (Lipinski definition) is 4. The third kappa shape index (κ3) is 4.90. The molecule has 2 saturated heterocycles. The quantitative estimate of drug-likeness (QED) is 0.647. The lowest BCUT2D eigenvalue weighted by atomic mass is 10.0. The number of urea groups is 1. The first-order valence-corrected chi connectivity index (χ1v) is 10.6. The van der Waals surface area contributed by atoms with Crippen molar-refractivity contribution < 1.29 is 27.5 Å². The maximum Gasteiger partial charge on any atom is 0.322 e. The first-order valence-electron chi connectivity index (χ1n) is 10.6. The zero-order chi connectivity index (χ0) is 23.7. The predicted molar refractivity (Wildman–Crippen MR) is 115 cm³/mol. The summed E-state index contributed by atoms with van der Waals surface area (Å²) in [5.41, 5.74) is 6.54. The molecule has 10 heteroatoms. The molecule has 3 N–H and O–H groups in total. The van der Waals surface area contributed by atoms with Gasteiger partial charge in [-0.1, -0.05) is 6.07 Å². The van der Waals surface area contributed by atoms with Crippen LogP contribution in [0, 0.1) is 17.5 Å². The van der Waals surface area contributed by atoms with E-state index in [0.717, 1.165) is 6.07 Å². The van der Waals surface area contributed by atoms with E-state index in [1.165, 1.54) is 0 Å². The van der Waals surface area contributed by atoms with Gasteiger partial charge in [-0.05, 0) is 36.6 Å². The second-order valence-electron chi connectivity index (χ2n) is 8.43. The summed E-state index contributed by atoms with van der Waals surface area (Å²) < 4.78 is 45.5. The summed E-state index contributed by atoms with van der Waals surface area (Å²) in [6.45, 7) is 0.792. The van der Waals surface area contributed by atoms with Gasteiger partial charge in [-0.25, -0.2) is 18.0 Å². The summed E-state index contributed by atoms with van der Waals surface area (Å²) in [5, 5.41) is 2.85. The molecule has 0 saturated carbocycles. The summed E-state index contributed by atoms with van der Waals surface area (Å²) in [6.07, 6.45) is 0.522. The van der Waals surface area contributed by atoms with Crippen LogP contribution < -0.4 is 15.8 Å². The lowest BCUT2D eigenvalue weighted by Gasteiger charge is -2.34. The zero-order valence-electron chi connectivity index (χ0n) is 18.1. The van der Waals surface area contributed by atoms with E-state index in [1.54, 1.807) is 41.2 Å². The van der Waals surface area contributed by atoms with Crippen LogP contribution in [0.5, 0.6) is 5.75 Å². The van der Waals surface area contributed by atoms with Gasteiger partial charge in [0.2, 0.25) is 5.91 Å². The van der Waals surface area contributed by atoms with Crippen molar-refractivity contribution in [1.82, 2.24) is 9.80 Å². The van der Waals surface area contributed by atoms with Gasteiger partial charge < -0.3 is 25.6 Å². The van der Waals surface area contributed by atoms with Crippen LogP contribution in [0.3, 0.4) is 0 Å². The fourth-order valence-electron chi connectivity index (χ4n) is 4.53. The van der Waals surface area contributed by atoms with E-state index >= 15 is 0 Å². The second-order valence-corrected chi connectivity index (χ2v) is 8.43. The van der Waals surface area contributed by atoms with E-state index in [1.807, 2.05) is 0 Å². The van der Waals surface area contributed by atoms with Crippen LogP contribution in [0.4, 0.5) is 23.7 Å². The summed E-state index contributed by atoms with van der Waals surface area (Å²) in [5.74, 6) is -2.89. The van der Waals surface area contributed by atoms with Crippen molar-refractivity contribution in [3.05, 3.63) is 59.4 Å². The third-order valence-corrected chi connectivity index (χ3v) is 6.15. The zero-order valence-corrected chi connectivity index (χ0v) is 18.1. The van der Waals surface area contributed by atoms with Crippen LogP contribution in [0.2, 0.25) is 0 Å². The maximum absolute atomic E-state index is 13.9. The molecule has 176 valence electrons. The first-order chi connectivity index (χ1) is 15.7. The summed E-state index contributed by atoms with van der Waals surface area (Å²) >= 11 is 0. The van der Waals surface area contributed by atoms with Gasteiger partial charge in [-0.2, -0.15) is 0 Å². The third-order valence-electron chi connectivity index (χ3n) is 6.15. The molecule has 3 atom stereocenters. The Kier molecular flexibility index (Phi) is 6.46. The number of halogens is 3. The van der Waals surface area contributed by atoms with Crippen LogP contribution in [0.1, 0.15) is 18.4 Å². The largest absolute Gasteiger partial charge is 0.497 e. The SMILES string of the molecule is COc1cccc(NC(=O)N2C[C@@H]3C[C@H]2CN3C(=O)C[C@H](N)Cc2cc(F)c(F)cc2F)c1. The minimum Gasteiger partial charge on any atom is -0.497 e. The number of fused-ring (bicyclic) bond motifs is 2. The monoisotopic (exact) mass is 462 g/mol. The number of benzene rings is 2. The number of nitrogens with two attached hydrogens (primary N) is 1. The number of likely N-dealkylation sites (tertiary alicyclic amines) is 2. The van der Waals surface area contributed by atoms with Crippen molar-refractivity contribution in [1.29, 1.82) is 0 Å². The number of ether oxygens (including phenoxy) is 1. The van der Waals surface area contributed by atoms with Crippen LogP contribution in [-0.2, 0) is 11.2 Å². The summed E-state index contributed by atoms with van der Waals surface area (Å²) in [7, 11) is 1.55. The van der Waals surface area contributed by atoms with Gasteiger partial charge in [0, 0.05) is 43.4 Å². The van der Waals surface area contributed by atoms with Crippen molar-refractivity contribution >= 4 is 17.6 Å². The van der Waals surface area contributed by atoms with Crippen LogP contribution in [0.15, 0.2) is 36.4 Å². The molecule has 7 nitrogen and oxygen atoms in total. The molecule has 2 aliphatic heterocycles. The number of carbonyl (C=O) groups is 2. The van der Waals surface area contributed by atoms with Crippen molar-refractivity contribution in [3.63, 3.8) is 0 Å². The van der Waals surface area contributed by atoms with Crippen LogP contribution in [0.25, 0.3) is 0 Å². The number of amides is 3. The van der Waals surface area contributed by atoms with Crippen LogP contribution in [-0.4, -0.2) is 60.1 Å². The molecule has 0 aromatic heterocycles. The maximum atomic E-state index is 13.9. The van der Waals surface area contributed by atoms with Gasteiger partial charge in [0.25, 0.3) is 0 Å². The Morgan fingerprint density at radius 3 is 2.48 bits per heavy atom. The second kappa shape index (κ2) is 9.30. The van der Waals surface area contributed by atoms with Crippen molar-refractivity contribution in [2.75, 3.05) is 25.5 Å². The number of carbonyl (C=O) groups excluding carboxylic acids is 2. The average molecular weight is 462 g/mol. The molecule has 0 spiro atoms. The van der Waals surface area contributed by atoms with Gasteiger partial charge in [0.15, 0.2) is 11.6 Å². The number of piperazine rings is 1. The molecule has 2 aromatic carbocycles. The molecule has 33 heavy (non-hydrogen) atoms. The number of rotatable bonds is 6. The molecule has 0 radical (unpaired) electrons. The Balaban J connectivity index is 1.30. The van der Waals surface area contributed by atoms with E-state index in [-0.39, 0.29) is 42.4 Å². The highest BCUT2D eigenvalue weighted by Gasteiger charge is 2.47. The van der Waals surface area contributed by atoms with Gasteiger partial charge in [-0.15, -0.1) is 0 Å². The molecule has 2 aliphatic rings. The van der Waals surface area contributed by atoms with Gasteiger partial charge >= 0.3 is 6.03 Å². The average Bonchev–Trinajstić information content (AvgIpc) is 3.39. The van der Waals surface area contributed by atoms with Crippen molar-refractivity contribution in [3.8, 4) is 5.75 Å². The minimum absolute atomic E-state index is 0.0579. The highest BCUT2D eigenvalue weighted by Crippen LogP contribution is 2.32. The van der Waals surface area contributed by atoms with Gasteiger partial charge in [-0.3, -0.25) is 4.79 Å². The predicted octanol–water partition coefficient (Wildman–Crippen LogP) is 2.89. The number of hydrogen-bond donors (Lipinski definition) is 2. The number of nitrogens with zero attached hydrogens (tertiary/aromatic N) is 2. The topological polar surface area (TPSA) is 87.9 Å². The molecule has 2 heterocycles. The fraction of sp³-hybridized carbons (Fsp3) is 0.391. The van der Waals surface area contributed by atoms with Gasteiger partial charge in [0.1, 0.15) is 11.6 Å². The van der Waals surface area contributed by atoms with Gasteiger partial charge in [0.05, 0.1) is 19.2 Å². The van der Waals surface area contributed by atoms with Crippen molar-refractivity contribution in [2.45, 2.75) is 37.4 Å². The van der Waals surface area contributed by atoms with E-state index in [2.05, 4.69) is 5.32 Å². The standard InChI is InChI=1S/C23H25F3N4O3/c1-33-18-4-2-3-15(8-18)28-23(32)30-12-16-9-17(30)11-29(16)22(31)7-14(27)5-13-6-20(25)21(26)10-19(13)24/h2-4,6,8,10,14,16-17H,5,7,9,11-12,27H2,1H3,(H,28,32)/t14-,16+,17+/m1/s1. The lowest BCUT2D eigenvalue weighted by molar-refractivity contribution is -0.133. The Morgan fingerprint density at radius 2 is 1.79 bits per heavy atom.